The van der Waals surface area contributed by atoms with Crippen molar-refractivity contribution in [1.82, 2.24) is 4.90 Å². The van der Waals surface area contributed by atoms with Crippen LogP contribution < -0.4 is 0 Å². The summed E-state index contributed by atoms with van der Waals surface area (Å²) >= 11 is 5.58. The van der Waals surface area contributed by atoms with E-state index in [-0.39, 0.29) is 5.92 Å². The zero-order valence-corrected chi connectivity index (χ0v) is 7.93. The number of nitriles is 1. The van der Waals surface area contributed by atoms with Crippen LogP contribution in [0.4, 0.5) is 0 Å². The van der Waals surface area contributed by atoms with Crippen LogP contribution in [-0.4, -0.2) is 30.4 Å². The van der Waals surface area contributed by atoms with E-state index in [4.69, 9.17) is 16.9 Å². The topological polar surface area (TPSA) is 27.0 Å². The Bertz CT molecular complexity index is 131. The average Bonchev–Trinajstić information content (AvgIpc) is 2.03. The van der Waals surface area contributed by atoms with Crippen molar-refractivity contribution in [3.05, 3.63) is 0 Å². The molecule has 0 saturated carbocycles. The van der Waals surface area contributed by atoms with Gasteiger partial charge in [-0.05, 0) is 13.5 Å². The Morgan fingerprint density at radius 3 is 2.64 bits per heavy atom. The van der Waals surface area contributed by atoms with Crippen molar-refractivity contribution in [3.63, 3.8) is 0 Å². The summed E-state index contributed by atoms with van der Waals surface area (Å²) in [5.74, 6) is 0.754. The first kappa shape index (κ1) is 10.7. The number of nitrogens with zero attached hydrogens (tertiary/aromatic N) is 2. The van der Waals surface area contributed by atoms with Crippen LogP contribution in [0.1, 0.15) is 13.8 Å². The van der Waals surface area contributed by atoms with E-state index in [0.29, 0.717) is 5.88 Å². The third-order valence-corrected chi connectivity index (χ3v) is 1.77. The maximum atomic E-state index is 8.54. The smallest absolute Gasteiger partial charge is 0.0666 e. The molecule has 11 heavy (non-hydrogen) atoms. The molecule has 0 rings (SSSR count). The predicted octanol–water partition coefficient (Wildman–Crippen LogP) is 1.71. The van der Waals surface area contributed by atoms with Crippen LogP contribution in [0, 0.1) is 17.2 Å². The summed E-state index contributed by atoms with van der Waals surface area (Å²) in [6, 6.07) is 2.20. The molecule has 0 spiro atoms. The maximum absolute atomic E-state index is 8.54. The van der Waals surface area contributed by atoms with Crippen LogP contribution in [0.15, 0.2) is 0 Å². The second-order valence-electron chi connectivity index (χ2n) is 2.61. The molecule has 2 nitrogen and oxygen atoms in total. The number of alkyl halides is 1. The molecular weight excluding hydrogens is 160 g/mol. The molecule has 0 amide bonds. The quantitative estimate of drug-likeness (QED) is 0.594. The Balaban J connectivity index is 3.60. The maximum Gasteiger partial charge on any atom is 0.0666 e. The minimum Gasteiger partial charge on any atom is -0.301 e. The zero-order valence-electron chi connectivity index (χ0n) is 7.18. The van der Waals surface area contributed by atoms with Crippen molar-refractivity contribution in [1.29, 1.82) is 5.26 Å². The fourth-order valence-corrected chi connectivity index (χ4v) is 1.17. The van der Waals surface area contributed by atoms with E-state index in [2.05, 4.69) is 17.9 Å². The summed E-state index contributed by atoms with van der Waals surface area (Å²) < 4.78 is 0. The van der Waals surface area contributed by atoms with Gasteiger partial charge in [0, 0.05) is 19.0 Å². The molecule has 0 saturated heterocycles. The molecule has 3 heteroatoms. The third kappa shape index (κ3) is 5.06. The van der Waals surface area contributed by atoms with Crippen LogP contribution in [0.2, 0.25) is 0 Å². The molecule has 0 fully saturated rings. The highest BCUT2D eigenvalue weighted by Gasteiger charge is 2.05. The highest BCUT2D eigenvalue weighted by molar-refractivity contribution is 6.18. The molecule has 1 atom stereocenters. The second kappa shape index (κ2) is 6.45. The van der Waals surface area contributed by atoms with Crippen molar-refractivity contribution in [3.8, 4) is 6.07 Å². The zero-order chi connectivity index (χ0) is 8.69. The first-order chi connectivity index (χ1) is 5.24. The third-order valence-electron chi connectivity index (χ3n) is 1.60. The largest absolute Gasteiger partial charge is 0.301 e. The Hall–Kier alpha value is -0.260. The summed E-state index contributed by atoms with van der Waals surface area (Å²) in [5.41, 5.74) is 0. The Labute approximate surface area is 73.7 Å². The lowest BCUT2D eigenvalue weighted by atomic mass is 10.2. The van der Waals surface area contributed by atoms with Crippen molar-refractivity contribution >= 4 is 11.6 Å². The predicted molar refractivity (Wildman–Crippen MR) is 47.6 cm³/mol. The van der Waals surface area contributed by atoms with Gasteiger partial charge < -0.3 is 4.90 Å². The van der Waals surface area contributed by atoms with E-state index in [9.17, 15) is 0 Å². The van der Waals surface area contributed by atoms with Crippen LogP contribution >= 0.6 is 11.6 Å². The van der Waals surface area contributed by atoms with Gasteiger partial charge >= 0.3 is 0 Å². The standard InChI is InChI=1S/C8H15ClN2/c1-3-11(5-4-9)7-8(2)6-10/h8H,3-5,7H2,1-2H3. The van der Waals surface area contributed by atoms with Crippen molar-refractivity contribution in [2.45, 2.75) is 13.8 Å². The Morgan fingerprint density at radius 2 is 2.27 bits per heavy atom. The first-order valence-electron chi connectivity index (χ1n) is 3.92. The van der Waals surface area contributed by atoms with Crippen molar-refractivity contribution in [2.75, 3.05) is 25.5 Å². The molecule has 0 bridgehead atoms. The molecule has 0 aromatic carbocycles. The van der Waals surface area contributed by atoms with Crippen LogP contribution in [0.5, 0.6) is 0 Å². The van der Waals surface area contributed by atoms with Crippen molar-refractivity contribution in [2.24, 2.45) is 5.92 Å². The van der Waals surface area contributed by atoms with E-state index in [1.807, 2.05) is 6.92 Å². The van der Waals surface area contributed by atoms with Gasteiger partial charge in [0.05, 0.1) is 12.0 Å². The fraction of sp³-hybridized carbons (Fsp3) is 0.875. The van der Waals surface area contributed by atoms with Gasteiger partial charge in [-0.2, -0.15) is 5.26 Å². The molecule has 0 aliphatic carbocycles. The van der Waals surface area contributed by atoms with Crippen LogP contribution in [0.25, 0.3) is 0 Å². The van der Waals surface area contributed by atoms with Gasteiger partial charge in [0.15, 0.2) is 0 Å². The van der Waals surface area contributed by atoms with Gasteiger partial charge in [0.2, 0.25) is 0 Å². The van der Waals surface area contributed by atoms with Crippen LogP contribution in [0.3, 0.4) is 0 Å². The number of rotatable bonds is 5. The van der Waals surface area contributed by atoms with E-state index < -0.39 is 0 Å². The van der Waals surface area contributed by atoms with E-state index >= 15 is 0 Å². The summed E-state index contributed by atoms with van der Waals surface area (Å²) in [4.78, 5) is 2.18. The molecule has 0 heterocycles. The molecule has 64 valence electrons. The lowest BCUT2D eigenvalue weighted by Crippen LogP contribution is -2.29. The van der Waals surface area contributed by atoms with Gasteiger partial charge in [0.25, 0.3) is 0 Å². The van der Waals surface area contributed by atoms with Crippen LogP contribution in [-0.2, 0) is 0 Å². The average molecular weight is 175 g/mol. The molecule has 0 aliphatic heterocycles. The first-order valence-corrected chi connectivity index (χ1v) is 4.46. The monoisotopic (exact) mass is 174 g/mol. The van der Waals surface area contributed by atoms with E-state index in [1.54, 1.807) is 0 Å². The Kier molecular flexibility index (Phi) is 6.30. The molecule has 1 unspecified atom stereocenters. The fourth-order valence-electron chi connectivity index (χ4n) is 0.926. The van der Waals surface area contributed by atoms with Gasteiger partial charge in [-0.25, -0.2) is 0 Å². The van der Waals surface area contributed by atoms with Gasteiger partial charge in [-0.1, -0.05) is 6.92 Å². The molecule has 0 aromatic heterocycles. The van der Waals surface area contributed by atoms with Gasteiger partial charge in [0.1, 0.15) is 0 Å². The molecule has 0 aromatic rings. The SMILES string of the molecule is CCN(CCCl)CC(C)C#N. The minimum absolute atomic E-state index is 0.109. The summed E-state index contributed by atoms with van der Waals surface area (Å²) in [6.45, 7) is 6.69. The van der Waals surface area contributed by atoms with E-state index in [0.717, 1.165) is 19.6 Å². The molecule has 0 N–H and O–H groups in total. The minimum atomic E-state index is 0.109. The number of hydrogen-bond acceptors (Lipinski definition) is 2. The summed E-state index contributed by atoms with van der Waals surface area (Å²) in [5, 5.41) is 8.54. The van der Waals surface area contributed by atoms with Gasteiger partial charge in [-0.3, -0.25) is 0 Å². The Morgan fingerprint density at radius 1 is 1.64 bits per heavy atom. The van der Waals surface area contributed by atoms with Crippen molar-refractivity contribution < 1.29 is 0 Å². The molecule has 0 aliphatic rings. The highest BCUT2D eigenvalue weighted by atomic mass is 35.5. The normalized spacial score (nSPS) is 13.0. The lowest BCUT2D eigenvalue weighted by molar-refractivity contribution is 0.284. The number of hydrogen-bond donors (Lipinski definition) is 0. The number of halogens is 1. The lowest BCUT2D eigenvalue weighted by Gasteiger charge is -2.19. The van der Waals surface area contributed by atoms with E-state index in [1.165, 1.54) is 0 Å². The highest BCUT2D eigenvalue weighted by Crippen LogP contribution is 1.98. The van der Waals surface area contributed by atoms with Gasteiger partial charge in [-0.15, -0.1) is 11.6 Å². The molecular formula is C8H15ClN2. The molecule has 0 radical (unpaired) electrons. The summed E-state index contributed by atoms with van der Waals surface area (Å²) in [7, 11) is 0. The second-order valence-corrected chi connectivity index (χ2v) is 2.99. The summed E-state index contributed by atoms with van der Waals surface area (Å²) in [6.07, 6.45) is 0.